The molecule has 0 spiro atoms. The molecular formula is C8H8F2O. The molecule has 0 aliphatic heterocycles. The first-order chi connectivity index (χ1) is 5.24. The van der Waals surface area contributed by atoms with Crippen LogP contribution in [-0.4, -0.2) is 7.11 Å². The summed E-state index contributed by atoms with van der Waals surface area (Å²) >= 11 is 0. The molecule has 0 unspecified atom stereocenters. The summed E-state index contributed by atoms with van der Waals surface area (Å²) in [5.74, 6) is -1.66. The number of hydrogen-bond donors (Lipinski definition) is 0. The van der Waals surface area contributed by atoms with E-state index in [4.69, 9.17) is 4.74 Å². The van der Waals surface area contributed by atoms with Gasteiger partial charge in [0.25, 0.3) is 0 Å². The third-order valence-corrected chi connectivity index (χ3v) is 1.30. The fraction of sp³-hybridized carbons (Fsp3) is 0.250. The topological polar surface area (TPSA) is 9.23 Å². The zero-order chi connectivity index (χ0) is 8.27. The number of ether oxygens (including phenoxy) is 1. The molecule has 0 saturated heterocycles. The Morgan fingerprint density at radius 1 is 1.27 bits per heavy atom. The first-order valence-corrected chi connectivity index (χ1v) is 3.17. The quantitative estimate of drug-likeness (QED) is 0.640. The van der Waals surface area contributed by atoms with Crippen LogP contribution in [0.5, 0.6) is 0 Å². The second kappa shape index (κ2) is 3.44. The predicted octanol–water partition coefficient (Wildman–Crippen LogP) is 2.11. The Bertz CT molecular complexity index is 248. The van der Waals surface area contributed by atoms with Crippen LogP contribution in [0.3, 0.4) is 0 Å². The van der Waals surface area contributed by atoms with E-state index >= 15 is 0 Å². The highest BCUT2D eigenvalue weighted by atomic mass is 19.2. The van der Waals surface area contributed by atoms with Crippen LogP contribution in [0.4, 0.5) is 8.78 Å². The molecule has 60 valence electrons. The van der Waals surface area contributed by atoms with Gasteiger partial charge in [-0.25, -0.2) is 8.78 Å². The average molecular weight is 158 g/mol. The van der Waals surface area contributed by atoms with E-state index in [1.165, 1.54) is 13.2 Å². The fourth-order valence-electron chi connectivity index (χ4n) is 0.796. The van der Waals surface area contributed by atoms with E-state index in [1.807, 2.05) is 0 Å². The molecule has 0 N–H and O–H groups in total. The lowest BCUT2D eigenvalue weighted by atomic mass is 10.2. The Hall–Kier alpha value is -0.960. The number of methoxy groups -OCH3 is 1. The predicted molar refractivity (Wildman–Crippen MR) is 37.1 cm³/mol. The molecule has 0 atom stereocenters. The number of halogens is 2. The van der Waals surface area contributed by atoms with E-state index in [0.29, 0.717) is 12.2 Å². The molecule has 1 aromatic rings. The highest BCUT2D eigenvalue weighted by Crippen LogP contribution is 2.08. The molecule has 0 amide bonds. The van der Waals surface area contributed by atoms with Crippen molar-refractivity contribution in [2.24, 2.45) is 0 Å². The minimum Gasteiger partial charge on any atom is -0.380 e. The van der Waals surface area contributed by atoms with Crippen LogP contribution in [-0.2, 0) is 11.3 Å². The largest absolute Gasteiger partial charge is 0.380 e. The van der Waals surface area contributed by atoms with Crippen molar-refractivity contribution in [3.05, 3.63) is 35.4 Å². The Balaban J connectivity index is 2.86. The average Bonchev–Trinajstić information content (AvgIpc) is 1.98. The first kappa shape index (κ1) is 8.14. The van der Waals surface area contributed by atoms with Crippen molar-refractivity contribution in [3.63, 3.8) is 0 Å². The smallest absolute Gasteiger partial charge is 0.159 e. The highest BCUT2D eigenvalue weighted by Gasteiger charge is 2.00. The van der Waals surface area contributed by atoms with Gasteiger partial charge in [-0.1, -0.05) is 6.07 Å². The third-order valence-electron chi connectivity index (χ3n) is 1.30. The van der Waals surface area contributed by atoms with Crippen molar-refractivity contribution < 1.29 is 13.5 Å². The lowest BCUT2D eigenvalue weighted by Crippen LogP contribution is -1.90. The van der Waals surface area contributed by atoms with Crippen LogP contribution < -0.4 is 0 Å². The van der Waals surface area contributed by atoms with Crippen LogP contribution in [0.15, 0.2) is 18.2 Å². The summed E-state index contributed by atoms with van der Waals surface area (Å²) in [6, 6.07) is 3.70. The van der Waals surface area contributed by atoms with Gasteiger partial charge in [-0.3, -0.25) is 0 Å². The summed E-state index contributed by atoms with van der Waals surface area (Å²) in [7, 11) is 1.50. The van der Waals surface area contributed by atoms with Gasteiger partial charge >= 0.3 is 0 Å². The van der Waals surface area contributed by atoms with Crippen LogP contribution in [0.2, 0.25) is 0 Å². The maximum atomic E-state index is 12.5. The zero-order valence-corrected chi connectivity index (χ0v) is 6.10. The molecule has 3 heteroatoms. The van der Waals surface area contributed by atoms with Crippen LogP contribution in [0.25, 0.3) is 0 Å². The Kier molecular flexibility index (Phi) is 2.54. The molecule has 0 fully saturated rings. The van der Waals surface area contributed by atoms with E-state index in [1.54, 1.807) is 0 Å². The summed E-state index contributed by atoms with van der Waals surface area (Å²) in [5, 5.41) is 0. The van der Waals surface area contributed by atoms with Crippen molar-refractivity contribution in [2.45, 2.75) is 6.61 Å². The summed E-state index contributed by atoms with van der Waals surface area (Å²) in [6.45, 7) is 0.303. The summed E-state index contributed by atoms with van der Waals surface area (Å²) < 4.78 is 29.5. The lowest BCUT2D eigenvalue weighted by molar-refractivity contribution is 0.184. The van der Waals surface area contributed by atoms with Crippen LogP contribution >= 0.6 is 0 Å². The van der Waals surface area contributed by atoms with E-state index in [0.717, 1.165) is 12.1 Å². The molecule has 0 aliphatic carbocycles. The Morgan fingerprint density at radius 3 is 2.55 bits per heavy atom. The molecule has 0 aliphatic rings. The maximum Gasteiger partial charge on any atom is 0.159 e. The van der Waals surface area contributed by atoms with Gasteiger partial charge in [0.15, 0.2) is 11.6 Å². The van der Waals surface area contributed by atoms with Crippen molar-refractivity contribution >= 4 is 0 Å². The number of benzene rings is 1. The SMILES string of the molecule is COCc1ccc(F)c(F)c1. The molecule has 0 radical (unpaired) electrons. The van der Waals surface area contributed by atoms with Gasteiger partial charge in [-0.15, -0.1) is 0 Å². The normalized spacial score (nSPS) is 10.1. The number of rotatable bonds is 2. The Labute approximate surface area is 63.6 Å². The molecule has 0 heterocycles. The molecule has 1 nitrogen and oxygen atoms in total. The summed E-state index contributed by atoms with van der Waals surface area (Å²) in [4.78, 5) is 0. The van der Waals surface area contributed by atoms with Gasteiger partial charge < -0.3 is 4.74 Å². The fourth-order valence-corrected chi connectivity index (χ4v) is 0.796. The molecule has 0 bridgehead atoms. The monoisotopic (exact) mass is 158 g/mol. The molecule has 0 saturated carbocycles. The third kappa shape index (κ3) is 1.98. The van der Waals surface area contributed by atoms with Gasteiger partial charge in [-0.2, -0.15) is 0 Å². The number of hydrogen-bond acceptors (Lipinski definition) is 1. The van der Waals surface area contributed by atoms with E-state index < -0.39 is 11.6 Å². The standard InChI is InChI=1S/C8H8F2O/c1-11-5-6-2-3-7(9)8(10)4-6/h2-4H,5H2,1H3. The highest BCUT2D eigenvalue weighted by molar-refractivity contribution is 5.16. The van der Waals surface area contributed by atoms with Gasteiger partial charge in [0.1, 0.15) is 0 Å². The van der Waals surface area contributed by atoms with Crippen LogP contribution in [0.1, 0.15) is 5.56 Å². The van der Waals surface area contributed by atoms with Gasteiger partial charge in [0.05, 0.1) is 6.61 Å². The van der Waals surface area contributed by atoms with Gasteiger partial charge in [0, 0.05) is 7.11 Å². The molecule has 0 aromatic heterocycles. The van der Waals surface area contributed by atoms with Crippen LogP contribution in [0, 0.1) is 11.6 Å². The second-order valence-electron chi connectivity index (χ2n) is 2.18. The van der Waals surface area contributed by atoms with E-state index in [-0.39, 0.29) is 0 Å². The van der Waals surface area contributed by atoms with Crippen molar-refractivity contribution in [1.29, 1.82) is 0 Å². The molecular weight excluding hydrogens is 150 g/mol. The molecule has 1 aromatic carbocycles. The van der Waals surface area contributed by atoms with Crippen molar-refractivity contribution in [2.75, 3.05) is 7.11 Å². The zero-order valence-electron chi connectivity index (χ0n) is 6.10. The summed E-state index contributed by atoms with van der Waals surface area (Å²) in [6.07, 6.45) is 0. The first-order valence-electron chi connectivity index (χ1n) is 3.17. The molecule has 1 rings (SSSR count). The maximum absolute atomic E-state index is 12.5. The van der Waals surface area contributed by atoms with Crippen molar-refractivity contribution in [1.82, 2.24) is 0 Å². The van der Waals surface area contributed by atoms with Gasteiger partial charge in [0.2, 0.25) is 0 Å². The van der Waals surface area contributed by atoms with Crippen molar-refractivity contribution in [3.8, 4) is 0 Å². The van der Waals surface area contributed by atoms with E-state index in [2.05, 4.69) is 0 Å². The van der Waals surface area contributed by atoms with E-state index in [9.17, 15) is 8.78 Å². The molecule has 11 heavy (non-hydrogen) atoms. The summed E-state index contributed by atoms with van der Waals surface area (Å²) in [5.41, 5.74) is 0.631. The lowest BCUT2D eigenvalue weighted by Gasteiger charge is -1.98. The minimum atomic E-state index is -0.834. The minimum absolute atomic E-state index is 0.303. The second-order valence-corrected chi connectivity index (χ2v) is 2.18. The van der Waals surface area contributed by atoms with Gasteiger partial charge in [-0.05, 0) is 17.7 Å². The Morgan fingerprint density at radius 2 is 2.00 bits per heavy atom.